The third kappa shape index (κ3) is 6.16. The molecule has 37 heavy (non-hydrogen) atoms. The van der Waals surface area contributed by atoms with E-state index >= 15 is 0 Å². The van der Waals surface area contributed by atoms with Crippen molar-refractivity contribution in [3.8, 4) is 17.2 Å². The van der Waals surface area contributed by atoms with E-state index in [4.69, 9.17) is 9.47 Å². The maximum absolute atomic E-state index is 13.2. The summed E-state index contributed by atoms with van der Waals surface area (Å²) in [5, 5.41) is 2.11. The Balaban J connectivity index is 1.48. The molecule has 5 heteroatoms. The molecule has 4 aromatic carbocycles. The van der Waals surface area contributed by atoms with Crippen molar-refractivity contribution in [1.82, 2.24) is 0 Å². The SMILES string of the molecule is CCCC(C)(C)c1ccc(S(=O)(=O)c2ccc(Oc3ccc4cc(OC(C)CC)ccc4c3)cc2)cc1. The highest BCUT2D eigenvalue weighted by Crippen LogP contribution is 2.32. The minimum atomic E-state index is -3.61. The average Bonchev–Trinajstić information content (AvgIpc) is 2.89. The van der Waals surface area contributed by atoms with Gasteiger partial charge >= 0.3 is 0 Å². The molecule has 0 spiro atoms. The summed E-state index contributed by atoms with van der Waals surface area (Å²) in [7, 11) is -3.61. The van der Waals surface area contributed by atoms with Gasteiger partial charge in [-0.2, -0.15) is 0 Å². The number of ether oxygens (including phenoxy) is 2. The molecular formula is C32H36O4S. The Morgan fingerprint density at radius 2 is 1.24 bits per heavy atom. The topological polar surface area (TPSA) is 52.6 Å². The van der Waals surface area contributed by atoms with Crippen LogP contribution in [0.2, 0.25) is 0 Å². The third-order valence-electron chi connectivity index (χ3n) is 6.89. The molecule has 1 atom stereocenters. The first-order valence-corrected chi connectivity index (χ1v) is 14.4. The van der Waals surface area contributed by atoms with E-state index in [0.717, 1.165) is 41.3 Å². The van der Waals surface area contributed by atoms with Gasteiger partial charge in [-0.05, 0) is 102 Å². The predicted molar refractivity (Wildman–Crippen MR) is 151 cm³/mol. The van der Waals surface area contributed by atoms with Gasteiger partial charge in [0.15, 0.2) is 0 Å². The summed E-state index contributed by atoms with van der Waals surface area (Å²) in [6, 6.07) is 25.7. The average molecular weight is 517 g/mol. The first-order valence-electron chi connectivity index (χ1n) is 13.0. The lowest BCUT2D eigenvalue weighted by molar-refractivity contribution is 0.218. The smallest absolute Gasteiger partial charge is 0.206 e. The molecule has 0 aromatic heterocycles. The van der Waals surface area contributed by atoms with Crippen LogP contribution in [-0.2, 0) is 15.3 Å². The van der Waals surface area contributed by atoms with Crippen molar-refractivity contribution in [3.63, 3.8) is 0 Å². The fourth-order valence-corrected chi connectivity index (χ4v) is 5.73. The molecule has 0 bridgehead atoms. The molecule has 0 N–H and O–H groups in total. The molecule has 0 saturated carbocycles. The normalized spacial score (nSPS) is 12.9. The second-order valence-corrected chi connectivity index (χ2v) is 12.2. The Morgan fingerprint density at radius 3 is 1.81 bits per heavy atom. The van der Waals surface area contributed by atoms with Gasteiger partial charge in [-0.25, -0.2) is 8.42 Å². The van der Waals surface area contributed by atoms with Crippen LogP contribution in [0.1, 0.15) is 59.4 Å². The van der Waals surface area contributed by atoms with Crippen LogP contribution in [0.5, 0.6) is 17.2 Å². The van der Waals surface area contributed by atoms with Crippen LogP contribution in [0.3, 0.4) is 0 Å². The molecule has 0 fully saturated rings. The molecule has 0 saturated heterocycles. The first-order chi connectivity index (χ1) is 17.6. The van der Waals surface area contributed by atoms with Crippen molar-refractivity contribution < 1.29 is 17.9 Å². The van der Waals surface area contributed by atoms with E-state index in [1.165, 1.54) is 0 Å². The van der Waals surface area contributed by atoms with Crippen molar-refractivity contribution in [2.24, 2.45) is 0 Å². The van der Waals surface area contributed by atoms with Crippen LogP contribution in [0, 0.1) is 0 Å². The second-order valence-electron chi connectivity index (χ2n) is 10.2. The van der Waals surface area contributed by atoms with Crippen LogP contribution in [0.25, 0.3) is 10.8 Å². The van der Waals surface area contributed by atoms with Gasteiger partial charge in [0.25, 0.3) is 0 Å². The summed E-state index contributed by atoms with van der Waals surface area (Å²) in [6.07, 6.45) is 3.25. The van der Waals surface area contributed by atoms with Gasteiger partial charge in [0.05, 0.1) is 15.9 Å². The van der Waals surface area contributed by atoms with Crippen LogP contribution in [-0.4, -0.2) is 14.5 Å². The van der Waals surface area contributed by atoms with Crippen LogP contribution >= 0.6 is 0 Å². The zero-order chi connectivity index (χ0) is 26.6. The van der Waals surface area contributed by atoms with Gasteiger partial charge in [-0.15, -0.1) is 0 Å². The molecular weight excluding hydrogens is 480 g/mol. The van der Waals surface area contributed by atoms with Crippen LogP contribution < -0.4 is 9.47 Å². The molecule has 4 nitrogen and oxygen atoms in total. The molecule has 0 aliphatic carbocycles. The minimum absolute atomic E-state index is 0.0164. The Hall–Kier alpha value is -3.31. The zero-order valence-electron chi connectivity index (χ0n) is 22.3. The summed E-state index contributed by atoms with van der Waals surface area (Å²) >= 11 is 0. The predicted octanol–water partition coefficient (Wildman–Crippen LogP) is 8.72. The standard InChI is InChI=1S/C32H36O4S/c1-6-20-32(4,5)26-10-16-30(17-11-26)37(33,34)31-18-14-27(15-19-31)36-29-13-9-24-21-28(35-23(3)7-2)12-8-25(24)22-29/h8-19,21-23H,6-7,20H2,1-5H3. The fraction of sp³-hybridized carbons (Fsp3) is 0.312. The second kappa shape index (κ2) is 11.0. The Labute approximate surface area is 221 Å². The summed E-state index contributed by atoms with van der Waals surface area (Å²) in [6.45, 7) is 10.7. The molecule has 194 valence electrons. The molecule has 0 radical (unpaired) electrons. The van der Waals surface area contributed by atoms with E-state index < -0.39 is 9.84 Å². The van der Waals surface area contributed by atoms with Gasteiger partial charge in [-0.1, -0.05) is 58.4 Å². The zero-order valence-corrected chi connectivity index (χ0v) is 23.1. The molecule has 0 heterocycles. The lowest BCUT2D eigenvalue weighted by atomic mass is 9.81. The van der Waals surface area contributed by atoms with Crippen molar-refractivity contribution in [1.29, 1.82) is 0 Å². The van der Waals surface area contributed by atoms with Gasteiger partial charge in [-0.3, -0.25) is 0 Å². The monoisotopic (exact) mass is 516 g/mol. The number of hydrogen-bond donors (Lipinski definition) is 0. The molecule has 1 unspecified atom stereocenters. The van der Waals surface area contributed by atoms with E-state index in [0.29, 0.717) is 16.4 Å². The summed E-state index contributed by atoms with van der Waals surface area (Å²) in [5.41, 5.74) is 1.16. The largest absolute Gasteiger partial charge is 0.491 e. The lowest BCUT2D eigenvalue weighted by Gasteiger charge is -2.24. The van der Waals surface area contributed by atoms with E-state index in [1.54, 1.807) is 36.4 Å². The minimum Gasteiger partial charge on any atom is -0.491 e. The van der Waals surface area contributed by atoms with E-state index in [2.05, 4.69) is 34.6 Å². The first kappa shape index (κ1) is 26.7. The number of rotatable bonds is 10. The van der Waals surface area contributed by atoms with Gasteiger partial charge in [0.1, 0.15) is 17.2 Å². The molecule has 0 amide bonds. The highest BCUT2D eigenvalue weighted by Gasteiger charge is 2.22. The Kier molecular flexibility index (Phi) is 7.93. The highest BCUT2D eigenvalue weighted by atomic mass is 32.2. The van der Waals surface area contributed by atoms with E-state index in [-0.39, 0.29) is 16.4 Å². The number of benzene rings is 4. The van der Waals surface area contributed by atoms with Gasteiger partial charge in [0, 0.05) is 0 Å². The summed E-state index contributed by atoms with van der Waals surface area (Å²) in [5.74, 6) is 2.11. The van der Waals surface area contributed by atoms with E-state index in [9.17, 15) is 8.42 Å². The number of hydrogen-bond acceptors (Lipinski definition) is 4. The Bertz CT molecular complexity index is 1450. The molecule has 4 aromatic rings. The third-order valence-corrected chi connectivity index (χ3v) is 8.67. The highest BCUT2D eigenvalue weighted by molar-refractivity contribution is 7.91. The summed E-state index contributed by atoms with van der Waals surface area (Å²) in [4.78, 5) is 0.538. The maximum atomic E-state index is 13.2. The van der Waals surface area contributed by atoms with E-state index in [1.807, 2.05) is 48.5 Å². The van der Waals surface area contributed by atoms with Crippen molar-refractivity contribution >= 4 is 20.6 Å². The summed E-state index contributed by atoms with van der Waals surface area (Å²) < 4.78 is 38.3. The Morgan fingerprint density at radius 1 is 0.730 bits per heavy atom. The van der Waals surface area contributed by atoms with Crippen LogP contribution in [0.4, 0.5) is 0 Å². The van der Waals surface area contributed by atoms with Crippen molar-refractivity contribution in [2.75, 3.05) is 0 Å². The van der Waals surface area contributed by atoms with Crippen molar-refractivity contribution in [2.45, 2.75) is 75.2 Å². The van der Waals surface area contributed by atoms with Gasteiger partial charge < -0.3 is 9.47 Å². The molecule has 0 aliphatic heterocycles. The van der Waals surface area contributed by atoms with Crippen molar-refractivity contribution in [3.05, 3.63) is 90.5 Å². The maximum Gasteiger partial charge on any atom is 0.206 e. The quantitative estimate of drug-likeness (QED) is 0.211. The lowest BCUT2D eigenvalue weighted by Crippen LogP contribution is -2.16. The number of fused-ring (bicyclic) bond motifs is 1. The van der Waals surface area contributed by atoms with Gasteiger partial charge in [0.2, 0.25) is 9.84 Å². The fourth-order valence-electron chi connectivity index (χ4n) is 4.47. The van der Waals surface area contributed by atoms with Crippen LogP contribution in [0.15, 0.2) is 94.7 Å². The molecule has 4 rings (SSSR count). The number of sulfone groups is 1. The molecule has 0 aliphatic rings.